The predicted octanol–water partition coefficient (Wildman–Crippen LogP) is 4.36. The first kappa shape index (κ1) is 20.3. The molecule has 1 aliphatic rings. The smallest absolute Gasteiger partial charge is 0.278 e. The number of rotatable bonds is 7. The number of imide groups is 1. The van der Waals surface area contributed by atoms with Crippen molar-refractivity contribution in [2.45, 2.75) is 6.42 Å². The fourth-order valence-corrected chi connectivity index (χ4v) is 3.42. The van der Waals surface area contributed by atoms with E-state index < -0.39 is 17.6 Å². The van der Waals surface area contributed by atoms with Crippen LogP contribution in [0.15, 0.2) is 48.2 Å². The summed E-state index contributed by atoms with van der Waals surface area (Å²) >= 11 is 12.2. The van der Waals surface area contributed by atoms with Gasteiger partial charge < -0.3 is 10.1 Å². The van der Waals surface area contributed by atoms with Gasteiger partial charge in [-0.2, -0.15) is 0 Å². The number of anilines is 1. The van der Waals surface area contributed by atoms with Crippen LogP contribution in [0.25, 0.3) is 5.57 Å². The van der Waals surface area contributed by atoms with Crippen LogP contribution in [0.2, 0.25) is 10.0 Å². The number of hydrogen-bond donors (Lipinski definition) is 1. The molecule has 0 fully saturated rings. The lowest BCUT2D eigenvalue weighted by molar-refractivity contribution is -0.136. The summed E-state index contributed by atoms with van der Waals surface area (Å²) in [6.07, 6.45) is 0.489. The molecular formula is C20H17Cl2FN2O3. The SMILES string of the molecule is COCCCN1C(=O)C(Nc2cccc(F)c2)=C(c2ccc(Cl)cc2Cl)C1=O. The van der Waals surface area contributed by atoms with E-state index in [1.54, 1.807) is 25.3 Å². The van der Waals surface area contributed by atoms with E-state index in [1.165, 1.54) is 24.3 Å². The second kappa shape index (κ2) is 8.73. The first-order valence-corrected chi connectivity index (χ1v) is 9.25. The number of halogens is 3. The van der Waals surface area contributed by atoms with Gasteiger partial charge in [0, 0.05) is 36.5 Å². The summed E-state index contributed by atoms with van der Waals surface area (Å²) in [5, 5.41) is 3.52. The van der Waals surface area contributed by atoms with Gasteiger partial charge in [-0.15, -0.1) is 0 Å². The molecule has 2 amide bonds. The van der Waals surface area contributed by atoms with Crippen LogP contribution < -0.4 is 5.32 Å². The van der Waals surface area contributed by atoms with Crippen LogP contribution in [-0.4, -0.2) is 37.0 Å². The van der Waals surface area contributed by atoms with Gasteiger partial charge in [-0.05, 0) is 36.8 Å². The van der Waals surface area contributed by atoms with Crippen molar-refractivity contribution in [1.29, 1.82) is 0 Å². The van der Waals surface area contributed by atoms with E-state index in [0.717, 1.165) is 4.90 Å². The normalized spacial score (nSPS) is 14.2. The average molecular weight is 423 g/mol. The highest BCUT2D eigenvalue weighted by Gasteiger charge is 2.39. The maximum atomic E-state index is 13.6. The molecule has 0 aromatic heterocycles. The molecule has 5 nitrogen and oxygen atoms in total. The number of ether oxygens (including phenoxy) is 1. The number of methoxy groups -OCH3 is 1. The molecule has 0 saturated heterocycles. The molecule has 0 unspecified atom stereocenters. The summed E-state index contributed by atoms with van der Waals surface area (Å²) in [5.74, 6) is -1.46. The largest absolute Gasteiger partial charge is 0.385 e. The van der Waals surface area contributed by atoms with Crippen molar-refractivity contribution in [3.63, 3.8) is 0 Å². The molecule has 1 N–H and O–H groups in total. The molecule has 1 aliphatic heterocycles. The van der Waals surface area contributed by atoms with Crippen molar-refractivity contribution in [2.24, 2.45) is 0 Å². The Hall–Kier alpha value is -2.41. The number of carbonyl (C=O) groups is 2. The summed E-state index contributed by atoms with van der Waals surface area (Å²) in [5.41, 5.74) is 0.876. The van der Waals surface area contributed by atoms with Crippen LogP contribution in [0.4, 0.5) is 10.1 Å². The van der Waals surface area contributed by atoms with E-state index in [2.05, 4.69) is 5.32 Å². The van der Waals surface area contributed by atoms with Crippen LogP contribution >= 0.6 is 23.2 Å². The zero-order chi connectivity index (χ0) is 20.3. The van der Waals surface area contributed by atoms with Crippen molar-refractivity contribution < 1.29 is 18.7 Å². The molecule has 146 valence electrons. The van der Waals surface area contributed by atoms with Gasteiger partial charge in [0.15, 0.2) is 0 Å². The topological polar surface area (TPSA) is 58.6 Å². The lowest BCUT2D eigenvalue weighted by atomic mass is 10.0. The summed E-state index contributed by atoms with van der Waals surface area (Å²) < 4.78 is 18.6. The first-order valence-electron chi connectivity index (χ1n) is 8.49. The Kier molecular flexibility index (Phi) is 6.34. The molecule has 0 saturated carbocycles. The van der Waals surface area contributed by atoms with E-state index in [-0.39, 0.29) is 22.8 Å². The van der Waals surface area contributed by atoms with Gasteiger partial charge in [0.25, 0.3) is 11.8 Å². The zero-order valence-corrected chi connectivity index (χ0v) is 16.5. The van der Waals surface area contributed by atoms with Crippen molar-refractivity contribution in [3.05, 3.63) is 69.6 Å². The number of amides is 2. The molecule has 8 heteroatoms. The van der Waals surface area contributed by atoms with Gasteiger partial charge in [0.05, 0.1) is 10.6 Å². The minimum atomic E-state index is -0.508. The van der Waals surface area contributed by atoms with Crippen LogP contribution in [0.1, 0.15) is 12.0 Å². The van der Waals surface area contributed by atoms with Crippen molar-refractivity contribution in [2.75, 3.05) is 25.6 Å². The number of carbonyl (C=O) groups excluding carboxylic acids is 2. The highest BCUT2D eigenvalue weighted by molar-refractivity contribution is 6.41. The quantitative estimate of drug-likeness (QED) is 0.531. The molecule has 0 spiro atoms. The van der Waals surface area contributed by atoms with Gasteiger partial charge in [-0.3, -0.25) is 14.5 Å². The molecule has 28 heavy (non-hydrogen) atoms. The van der Waals surface area contributed by atoms with E-state index >= 15 is 0 Å². The van der Waals surface area contributed by atoms with E-state index in [1.807, 2.05) is 0 Å². The van der Waals surface area contributed by atoms with Gasteiger partial charge in [-0.1, -0.05) is 35.3 Å². The molecule has 1 heterocycles. The van der Waals surface area contributed by atoms with Gasteiger partial charge in [-0.25, -0.2) is 4.39 Å². The molecule has 2 aromatic rings. The van der Waals surface area contributed by atoms with Crippen molar-refractivity contribution >= 4 is 46.3 Å². The number of nitrogens with one attached hydrogen (secondary N) is 1. The molecule has 0 atom stereocenters. The molecule has 0 bridgehead atoms. The summed E-state index contributed by atoms with van der Waals surface area (Å²) in [6, 6.07) is 10.3. The third-order valence-electron chi connectivity index (χ3n) is 4.19. The van der Waals surface area contributed by atoms with Crippen molar-refractivity contribution in [1.82, 2.24) is 4.90 Å². The van der Waals surface area contributed by atoms with E-state index in [9.17, 15) is 14.0 Å². The third-order valence-corrected chi connectivity index (χ3v) is 4.74. The second-order valence-electron chi connectivity index (χ2n) is 6.12. The van der Waals surface area contributed by atoms with Gasteiger partial charge in [0.1, 0.15) is 11.5 Å². The number of nitrogens with zero attached hydrogens (tertiary/aromatic N) is 1. The van der Waals surface area contributed by atoms with Crippen molar-refractivity contribution in [3.8, 4) is 0 Å². The Morgan fingerprint density at radius 3 is 2.57 bits per heavy atom. The Balaban J connectivity index is 2.04. The fourth-order valence-electron chi connectivity index (χ4n) is 2.91. The van der Waals surface area contributed by atoms with Gasteiger partial charge in [0.2, 0.25) is 0 Å². The fraction of sp³-hybridized carbons (Fsp3) is 0.200. The predicted molar refractivity (Wildman–Crippen MR) is 107 cm³/mol. The average Bonchev–Trinajstić information content (AvgIpc) is 2.87. The number of benzene rings is 2. The minimum Gasteiger partial charge on any atom is -0.385 e. The number of hydrogen-bond acceptors (Lipinski definition) is 4. The third kappa shape index (κ3) is 4.19. The lowest BCUT2D eigenvalue weighted by Gasteiger charge is -2.15. The minimum absolute atomic E-state index is 0.0391. The zero-order valence-electron chi connectivity index (χ0n) is 15.0. The van der Waals surface area contributed by atoms with E-state index in [4.69, 9.17) is 27.9 Å². The van der Waals surface area contributed by atoms with Crippen LogP contribution in [0.3, 0.4) is 0 Å². The Morgan fingerprint density at radius 1 is 1.11 bits per heavy atom. The Labute approximate surface area is 171 Å². The van der Waals surface area contributed by atoms with Crippen LogP contribution in [0, 0.1) is 5.82 Å². The van der Waals surface area contributed by atoms with E-state index in [0.29, 0.717) is 29.3 Å². The maximum Gasteiger partial charge on any atom is 0.278 e. The Morgan fingerprint density at radius 2 is 1.89 bits per heavy atom. The van der Waals surface area contributed by atoms with Crippen LogP contribution in [0.5, 0.6) is 0 Å². The summed E-state index contributed by atoms with van der Waals surface area (Å²) in [7, 11) is 1.54. The summed E-state index contributed by atoms with van der Waals surface area (Å²) in [6.45, 7) is 0.593. The summed E-state index contributed by atoms with van der Waals surface area (Å²) in [4.78, 5) is 27.1. The second-order valence-corrected chi connectivity index (χ2v) is 6.96. The highest BCUT2D eigenvalue weighted by atomic mass is 35.5. The Bertz CT molecular complexity index is 962. The van der Waals surface area contributed by atoms with Gasteiger partial charge >= 0.3 is 0 Å². The monoisotopic (exact) mass is 422 g/mol. The molecule has 2 aromatic carbocycles. The highest BCUT2D eigenvalue weighted by Crippen LogP contribution is 2.35. The first-order chi connectivity index (χ1) is 13.4. The van der Waals surface area contributed by atoms with Crippen LogP contribution in [-0.2, 0) is 14.3 Å². The molecular weight excluding hydrogens is 406 g/mol. The maximum absolute atomic E-state index is 13.6. The standard InChI is InChI=1S/C20H17Cl2FN2O3/c1-28-9-3-8-25-19(26)17(15-7-6-12(21)10-16(15)22)18(20(25)27)24-14-5-2-4-13(23)11-14/h2,4-7,10-11,24H,3,8-9H2,1H3. The molecule has 0 aliphatic carbocycles. The molecule has 0 radical (unpaired) electrons. The lowest BCUT2D eigenvalue weighted by Crippen LogP contribution is -2.33. The molecule has 3 rings (SSSR count).